The molecule has 19 heavy (non-hydrogen) atoms. The van der Waals surface area contributed by atoms with Gasteiger partial charge in [0.25, 0.3) is 0 Å². The molecule has 0 bridgehead atoms. The first-order chi connectivity index (χ1) is 8.31. The van der Waals surface area contributed by atoms with Gasteiger partial charge in [0, 0.05) is 17.9 Å². The molecular weight excluding hydrogens is 341 g/mol. The molecule has 0 spiro atoms. The van der Waals surface area contributed by atoms with Crippen LogP contribution in [0.3, 0.4) is 0 Å². The van der Waals surface area contributed by atoms with Gasteiger partial charge in [-0.2, -0.15) is 0 Å². The van der Waals surface area contributed by atoms with Gasteiger partial charge in [0.2, 0.25) is 0 Å². The van der Waals surface area contributed by atoms with Gasteiger partial charge in [-0.3, -0.25) is 0 Å². The van der Waals surface area contributed by atoms with Gasteiger partial charge in [0.05, 0.1) is 0 Å². The summed E-state index contributed by atoms with van der Waals surface area (Å²) in [5, 5.41) is 28.5. The van der Waals surface area contributed by atoms with Gasteiger partial charge in [0.15, 0.2) is 0 Å². The van der Waals surface area contributed by atoms with E-state index < -0.39 is 17.9 Å². The number of carboxylic acid groups (broad SMARTS) is 3. The quantitative estimate of drug-likeness (QED) is 0.536. The molecule has 0 heterocycles. The van der Waals surface area contributed by atoms with E-state index in [0.717, 1.165) is 0 Å². The molecule has 0 aliphatic heterocycles. The fourth-order valence-corrected chi connectivity index (χ4v) is 0.612. The van der Waals surface area contributed by atoms with Crippen LogP contribution in [0.15, 0.2) is 0 Å². The van der Waals surface area contributed by atoms with Gasteiger partial charge in [-0.25, -0.2) is 0 Å². The van der Waals surface area contributed by atoms with Crippen molar-refractivity contribution in [3.63, 3.8) is 0 Å². The molecule has 113 valence electrons. The minimum absolute atomic E-state index is 0. The van der Waals surface area contributed by atoms with E-state index in [1.54, 1.807) is 20.8 Å². The Balaban J connectivity index is -0.0000000865. The predicted molar refractivity (Wildman–Crippen MR) is 59.7 cm³/mol. The van der Waals surface area contributed by atoms with Crippen LogP contribution in [0.5, 0.6) is 0 Å². The molecule has 0 amide bonds. The van der Waals surface area contributed by atoms with E-state index in [0.29, 0.717) is 19.3 Å². The minimum Gasteiger partial charge on any atom is -0.550 e. The Bertz CT molecular complexity index is 192. The van der Waals surface area contributed by atoms with E-state index in [9.17, 15) is 29.7 Å². The number of carbonyl (C=O) groups is 3. The van der Waals surface area contributed by atoms with Crippen molar-refractivity contribution in [3.8, 4) is 0 Å². The molecule has 0 N–H and O–H groups in total. The van der Waals surface area contributed by atoms with E-state index in [1.165, 1.54) is 0 Å². The zero-order valence-electron chi connectivity index (χ0n) is 11.5. The second kappa shape index (κ2) is 22.2. The van der Waals surface area contributed by atoms with E-state index in [2.05, 4.69) is 0 Å². The van der Waals surface area contributed by atoms with Crippen LogP contribution in [0.4, 0.5) is 0 Å². The topological polar surface area (TPSA) is 120 Å². The third-order valence-corrected chi connectivity index (χ3v) is 1.36. The molecule has 0 saturated heterocycles. The minimum atomic E-state index is -0.961. The molecule has 1 radical (unpaired) electrons. The molecule has 6 nitrogen and oxygen atoms in total. The third-order valence-electron chi connectivity index (χ3n) is 1.36. The van der Waals surface area contributed by atoms with Crippen LogP contribution in [0, 0.1) is 0 Å². The Labute approximate surface area is 127 Å². The van der Waals surface area contributed by atoms with Crippen molar-refractivity contribution in [1.29, 1.82) is 0 Å². The van der Waals surface area contributed by atoms with Gasteiger partial charge in [-0.15, -0.1) is 0 Å². The zero-order valence-corrected chi connectivity index (χ0v) is 13.3. The number of hydrogen-bond donors (Lipinski definition) is 0. The summed E-state index contributed by atoms with van der Waals surface area (Å²) in [7, 11) is 0. The normalized spacial score (nSPS) is 7.74. The van der Waals surface area contributed by atoms with Crippen molar-refractivity contribution in [3.05, 3.63) is 0 Å². The van der Waals surface area contributed by atoms with E-state index in [4.69, 9.17) is 0 Å². The first-order valence-corrected chi connectivity index (χ1v) is 5.91. The Morgan fingerprint density at radius 1 is 0.632 bits per heavy atom. The Hall–Kier alpha value is -0.967. The molecule has 0 atom stereocenters. The van der Waals surface area contributed by atoms with Crippen LogP contribution in [0.2, 0.25) is 0 Å². The fourth-order valence-electron chi connectivity index (χ4n) is 0.612. The number of carboxylic acids is 3. The number of carbonyl (C=O) groups excluding carboxylic acids is 3. The summed E-state index contributed by atoms with van der Waals surface area (Å²) < 4.78 is 0. The van der Waals surface area contributed by atoms with Crippen molar-refractivity contribution in [2.75, 3.05) is 0 Å². The molecule has 7 heteroatoms. The van der Waals surface area contributed by atoms with E-state index in [-0.39, 0.29) is 38.7 Å². The van der Waals surface area contributed by atoms with E-state index in [1.807, 2.05) is 0 Å². The van der Waals surface area contributed by atoms with Gasteiger partial charge >= 0.3 is 19.5 Å². The smallest absolute Gasteiger partial charge is 0.550 e. The fraction of sp³-hybridized carbons (Fsp3) is 0.750. The van der Waals surface area contributed by atoms with Gasteiger partial charge in [-0.05, 0) is 19.3 Å². The standard InChI is InChI=1S/3C4H8O2.Ru/c3*1-2-3-4(5)6;/h3*2-3H2,1H3,(H,5,6);/q;;;+3/p-3. The molecule has 0 aromatic carbocycles. The molecule has 0 saturated carbocycles. The molecule has 0 aromatic heterocycles. The van der Waals surface area contributed by atoms with Crippen LogP contribution < -0.4 is 15.3 Å². The summed E-state index contributed by atoms with van der Waals surface area (Å²) in [6.45, 7) is 5.40. The average molecular weight is 362 g/mol. The molecular formula is C12H21O6Ru. The largest absolute Gasteiger partial charge is 3.00 e. The number of aliphatic carboxylic acids is 3. The van der Waals surface area contributed by atoms with Crippen LogP contribution >= 0.6 is 0 Å². The summed E-state index contributed by atoms with van der Waals surface area (Å²) >= 11 is 0. The van der Waals surface area contributed by atoms with Crippen molar-refractivity contribution < 1.29 is 49.2 Å². The monoisotopic (exact) mass is 363 g/mol. The summed E-state index contributed by atoms with van der Waals surface area (Å²) in [5.74, 6) is -2.88. The predicted octanol–water partition coefficient (Wildman–Crippen LogP) is -1.39. The van der Waals surface area contributed by atoms with Crippen LogP contribution in [0.25, 0.3) is 0 Å². The second-order valence-electron chi connectivity index (χ2n) is 3.37. The Morgan fingerprint density at radius 2 is 0.789 bits per heavy atom. The molecule has 0 aliphatic carbocycles. The van der Waals surface area contributed by atoms with Gasteiger partial charge in [0.1, 0.15) is 0 Å². The van der Waals surface area contributed by atoms with Crippen LogP contribution in [0.1, 0.15) is 59.3 Å². The third kappa shape index (κ3) is 59.7. The maximum atomic E-state index is 9.49. The maximum absolute atomic E-state index is 9.49. The molecule has 0 unspecified atom stereocenters. The summed E-state index contributed by atoms with van der Waals surface area (Å²) in [4.78, 5) is 28.5. The summed E-state index contributed by atoms with van der Waals surface area (Å²) in [6.07, 6.45) is 2.55. The van der Waals surface area contributed by atoms with Gasteiger partial charge < -0.3 is 29.7 Å². The van der Waals surface area contributed by atoms with Crippen molar-refractivity contribution in [1.82, 2.24) is 0 Å². The summed E-state index contributed by atoms with van der Waals surface area (Å²) in [6, 6.07) is 0. The Morgan fingerprint density at radius 3 is 0.789 bits per heavy atom. The first-order valence-electron chi connectivity index (χ1n) is 5.91. The van der Waals surface area contributed by atoms with Crippen molar-refractivity contribution in [2.24, 2.45) is 0 Å². The van der Waals surface area contributed by atoms with Crippen LogP contribution in [-0.4, -0.2) is 17.9 Å². The van der Waals surface area contributed by atoms with Crippen LogP contribution in [-0.2, 0) is 33.9 Å². The molecule has 0 rings (SSSR count). The van der Waals surface area contributed by atoms with Crippen molar-refractivity contribution in [2.45, 2.75) is 59.3 Å². The van der Waals surface area contributed by atoms with E-state index >= 15 is 0 Å². The van der Waals surface area contributed by atoms with Gasteiger partial charge in [-0.1, -0.05) is 40.0 Å². The Kier molecular flexibility index (Phi) is 31.1. The maximum Gasteiger partial charge on any atom is 3.00 e. The SMILES string of the molecule is CCCC(=O)[O-].CCCC(=O)[O-].CCCC(=O)[O-].[Ru+3]. The molecule has 0 fully saturated rings. The number of hydrogen-bond acceptors (Lipinski definition) is 6. The second-order valence-corrected chi connectivity index (χ2v) is 3.37. The molecule has 0 aromatic rings. The zero-order chi connectivity index (χ0) is 15.0. The first kappa shape index (κ1) is 26.6. The van der Waals surface area contributed by atoms with Crippen molar-refractivity contribution >= 4 is 17.9 Å². The average Bonchev–Trinajstić information content (AvgIpc) is 2.18. The summed E-state index contributed by atoms with van der Waals surface area (Å²) in [5.41, 5.74) is 0. The molecule has 0 aliphatic rings. The number of rotatable bonds is 6.